The topological polar surface area (TPSA) is 146 Å². The fourth-order valence-electron chi connectivity index (χ4n) is 3.69. The molecule has 5 N–H and O–H groups in total. The molecule has 1 rings (SSSR count). The largest absolute Gasteiger partial charge is 0.463 e. The summed E-state index contributed by atoms with van der Waals surface area (Å²) in [5.74, 6) is -0.447. The van der Waals surface area contributed by atoms with E-state index in [0.717, 1.165) is 25.7 Å². The SMILES string of the molecule is CCCCC/C=C\C/C=C\C/C=C\C/C=C\CCCC(=O)OCC(CO)O[C@@H]1O[C@H](CO)[C@@H](O)[C@H](O)[C@H]1O. The normalized spacial score (nSPS) is 25.3. The molecule has 1 aliphatic rings. The van der Waals surface area contributed by atoms with Crippen molar-refractivity contribution >= 4 is 5.97 Å². The van der Waals surface area contributed by atoms with E-state index in [1.54, 1.807) is 0 Å². The van der Waals surface area contributed by atoms with Gasteiger partial charge < -0.3 is 39.7 Å². The fraction of sp³-hybridized carbons (Fsp3) is 0.690. The molecule has 0 aromatic rings. The number of allylic oxidation sites excluding steroid dienone is 8. The van der Waals surface area contributed by atoms with Crippen molar-refractivity contribution < 1.29 is 44.5 Å². The van der Waals surface area contributed by atoms with Gasteiger partial charge in [0.2, 0.25) is 0 Å². The van der Waals surface area contributed by atoms with Crippen molar-refractivity contribution in [1.29, 1.82) is 0 Å². The summed E-state index contributed by atoms with van der Waals surface area (Å²) in [6.07, 6.45) is 18.2. The predicted molar refractivity (Wildman–Crippen MR) is 145 cm³/mol. The second kappa shape index (κ2) is 22.0. The van der Waals surface area contributed by atoms with E-state index in [4.69, 9.17) is 14.2 Å². The van der Waals surface area contributed by atoms with Crippen molar-refractivity contribution in [2.24, 2.45) is 0 Å². The number of carbonyl (C=O) groups excluding carboxylic acids is 1. The molecular weight excluding hydrogens is 492 g/mol. The van der Waals surface area contributed by atoms with Gasteiger partial charge in [-0.1, -0.05) is 68.4 Å². The molecular formula is C29H48O9. The Kier molecular flexibility index (Phi) is 19.8. The van der Waals surface area contributed by atoms with E-state index in [9.17, 15) is 30.3 Å². The first-order valence-corrected chi connectivity index (χ1v) is 13.8. The lowest BCUT2D eigenvalue weighted by molar-refractivity contribution is -0.315. The zero-order chi connectivity index (χ0) is 28.0. The van der Waals surface area contributed by atoms with Crippen LogP contribution in [0.4, 0.5) is 0 Å². The molecule has 6 atom stereocenters. The highest BCUT2D eigenvalue weighted by atomic mass is 16.7. The molecule has 0 amide bonds. The minimum Gasteiger partial charge on any atom is -0.463 e. The fourth-order valence-corrected chi connectivity index (χ4v) is 3.69. The summed E-state index contributed by atoms with van der Waals surface area (Å²) in [5, 5.41) is 48.4. The van der Waals surface area contributed by atoms with Crippen LogP contribution in [0.15, 0.2) is 48.6 Å². The zero-order valence-corrected chi connectivity index (χ0v) is 22.6. The Bertz CT molecular complexity index is 717. The molecule has 1 unspecified atom stereocenters. The van der Waals surface area contributed by atoms with Crippen molar-refractivity contribution in [3.63, 3.8) is 0 Å². The van der Waals surface area contributed by atoms with Crippen molar-refractivity contribution in [3.05, 3.63) is 48.6 Å². The highest BCUT2D eigenvalue weighted by Crippen LogP contribution is 2.23. The Morgan fingerprint density at radius 2 is 1.39 bits per heavy atom. The van der Waals surface area contributed by atoms with Gasteiger partial charge in [0.25, 0.3) is 0 Å². The number of ether oxygens (including phenoxy) is 3. The van der Waals surface area contributed by atoms with Gasteiger partial charge in [0, 0.05) is 6.42 Å². The molecule has 9 nitrogen and oxygen atoms in total. The summed E-state index contributed by atoms with van der Waals surface area (Å²) in [4.78, 5) is 12.0. The highest BCUT2D eigenvalue weighted by Gasteiger charge is 2.44. The van der Waals surface area contributed by atoms with Crippen molar-refractivity contribution in [2.45, 2.75) is 108 Å². The standard InChI is InChI=1S/C29H48O9/c1-2-3-4-5-6-7-8-9-10-11-12-13-14-15-16-17-18-19-25(32)36-22-23(20-30)37-29-28(35)27(34)26(33)24(21-31)38-29/h6-7,9-10,12-13,15-16,23-24,26-31,33-35H,2-5,8,11,14,17-22H2,1H3/b7-6-,10-9-,13-12-,16-15-/t23?,24-,26-,27+,28-,29-/m1/s1. The van der Waals surface area contributed by atoms with Crippen molar-refractivity contribution in [1.82, 2.24) is 0 Å². The molecule has 0 bridgehead atoms. The average Bonchev–Trinajstić information content (AvgIpc) is 2.92. The number of unbranched alkanes of at least 4 members (excludes halogenated alkanes) is 4. The lowest BCUT2D eigenvalue weighted by Crippen LogP contribution is -2.60. The van der Waals surface area contributed by atoms with Crippen LogP contribution in [0.25, 0.3) is 0 Å². The molecule has 0 aliphatic carbocycles. The van der Waals surface area contributed by atoms with E-state index in [0.29, 0.717) is 6.42 Å². The molecule has 0 spiro atoms. The maximum absolute atomic E-state index is 12.0. The number of aliphatic hydroxyl groups excluding tert-OH is 5. The molecule has 1 saturated heterocycles. The maximum Gasteiger partial charge on any atom is 0.305 e. The third-order valence-electron chi connectivity index (χ3n) is 6.02. The van der Waals surface area contributed by atoms with E-state index >= 15 is 0 Å². The van der Waals surface area contributed by atoms with Gasteiger partial charge in [-0.3, -0.25) is 4.79 Å². The molecule has 1 heterocycles. The molecule has 1 fully saturated rings. The molecule has 0 saturated carbocycles. The van der Waals surface area contributed by atoms with Crippen LogP contribution in [0, 0.1) is 0 Å². The smallest absolute Gasteiger partial charge is 0.305 e. The van der Waals surface area contributed by atoms with E-state index in [2.05, 4.69) is 49.5 Å². The highest BCUT2D eigenvalue weighted by molar-refractivity contribution is 5.69. The van der Waals surface area contributed by atoms with Gasteiger partial charge >= 0.3 is 5.97 Å². The summed E-state index contributed by atoms with van der Waals surface area (Å²) in [6, 6.07) is 0. The first kappa shape index (κ1) is 34.2. The maximum atomic E-state index is 12.0. The minimum absolute atomic E-state index is 0.205. The number of aliphatic hydroxyl groups is 5. The molecule has 0 aromatic heterocycles. The summed E-state index contributed by atoms with van der Waals surface area (Å²) in [7, 11) is 0. The first-order chi connectivity index (χ1) is 18.4. The number of carbonyl (C=O) groups is 1. The molecule has 218 valence electrons. The van der Waals surface area contributed by atoms with Gasteiger partial charge in [0.15, 0.2) is 6.29 Å². The molecule has 0 radical (unpaired) electrons. The Morgan fingerprint density at radius 3 is 1.95 bits per heavy atom. The van der Waals surface area contributed by atoms with Gasteiger partial charge in [0.1, 0.15) is 37.1 Å². The summed E-state index contributed by atoms with van der Waals surface area (Å²) >= 11 is 0. The van der Waals surface area contributed by atoms with Gasteiger partial charge in [0.05, 0.1) is 13.2 Å². The van der Waals surface area contributed by atoms with E-state index in [-0.39, 0.29) is 13.0 Å². The molecule has 1 aliphatic heterocycles. The average molecular weight is 541 g/mol. The summed E-state index contributed by atoms with van der Waals surface area (Å²) < 4.78 is 15.8. The van der Waals surface area contributed by atoms with Crippen LogP contribution in [0.5, 0.6) is 0 Å². The van der Waals surface area contributed by atoms with Crippen LogP contribution >= 0.6 is 0 Å². The lowest BCUT2D eigenvalue weighted by atomic mass is 9.99. The van der Waals surface area contributed by atoms with Crippen LogP contribution in [0.2, 0.25) is 0 Å². The number of hydrogen-bond donors (Lipinski definition) is 5. The number of hydrogen-bond acceptors (Lipinski definition) is 9. The van der Waals surface area contributed by atoms with Gasteiger partial charge in [-0.05, 0) is 44.9 Å². The number of rotatable bonds is 20. The molecule has 0 aromatic carbocycles. The van der Waals surface area contributed by atoms with E-state index in [1.807, 2.05) is 6.08 Å². The van der Waals surface area contributed by atoms with Crippen LogP contribution in [0.3, 0.4) is 0 Å². The van der Waals surface area contributed by atoms with Crippen LogP contribution in [0.1, 0.15) is 71.1 Å². The minimum atomic E-state index is -1.59. The van der Waals surface area contributed by atoms with Gasteiger partial charge in [-0.15, -0.1) is 0 Å². The quantitative estimate of drug-likeness (QED) is 0.0894. The van der Waals surface area contributed by atoms with E-state index in [1.165, 1.54) is 25.7 Å². The Balaban J connectivity index is 2.13. The molecule has 38 heavy (non-hydrogen) atoms. The van der Waals surface area contributed by atoms with E-state index < -0.39 is 56.0 Å². The van der Waals surface area contributed by atoms with Crippen LogP contribution < -0.4 is 0 Å². The Hall–Kier alpha value is -1.85. The van der Waals surface area contributed by atoms with Crippen molar-refractivity contribution in [3.8, 4) is 0 Å². The third kappa shape index (κ3) is 14.9. The molecule has 9 heteroatoms. The Labute approximate surface area is 227 Å². The monoisotopic (exact) mass is 540 g/mol. The summed E-state index contributed by atoms with van der Waals surface area (Å²) in [6.45, 7) is 0.828. The first-order valence-electron chi connectivity index (χ1n) is 13.8. The van der Waals surface area contributed by atoms with Crippen molar-refractivity contribution in [2.75, 3.05) is 19.8 Å². The second-order valence-corrected chi connectivity index (χ2v) is 9.30. The lowest BCUT2D eigenvalue weighted by Gasteiger charge is -2.40. The van der Waals surface area contributed by atoms with Crippen LogP contribution in [-0.2, 0) is 19.0 Å². The summed E-state index contributed by atoms with van der Waals surface area (Å²) in [5.41, 5.74) is 0. The van der Waals surface area contributed by atoms with Gasteiger partial charge in [-0.2, -0.15) is 0 Å². The third-order valence-corrected chi connectivity index (χ3v) is 6.02. The predicted octanol–water partition coefficient (Wildman–Crippen LogP) is 2.85. The Morgan fingerprint density at radius 1 is 0.816 bits per heavy atom. The van der Waals surface area contributed by atoms with Crippen LogP contribution in [-0.4, -0.2) is 88.1 Å². The van der Waals surface area contributed by atoms with Gasteiger partial charge in [-0.25, -0.2) is 0 Å². The zero-order valence-electron chi connectivity index (χ0n) is 22.6. The number of esters is 1. The second-order valence-electron chi connectivity index (χ2n) is 9.30.